The van der Waals surface area contributed by atoms with Gasteiger partial charge in [0.25, 0.3) is 0 Å². The van der Waals surface area contributed by atoms with Crippen LogP contribution in [0.25, 0.3) is 0 Å². The molecule has 0 bridgehead atoms. The van der Waals surface area contributed by atoms with E-state index in [2.05, 4.69) is 11.3 Å². The normalized spacial score (nSPS) is 12.8. The van der Waals surface area contributed by atoms with E-state index >= 15 is 0 Å². The summed E-state index contributed by atoms with van der Waals surface area (Å²) < 4.78 is 27.1. The highest BCUT2D eigenvalue weighted by Crippen LogP contribution is 2.21. The van der Waals surface area contributed by atoms with Crippen molar-refractivity contribution in [3.05, 3.63) is 54.1 Å². The number of rotatable bonds is 7. The minimum Gasteiger partial charge on any atom is -0.211 e. The zero-order valence-corrected chi connectivity index (χ0v) is 14.1. The molecule has 0 saturated heterocycles. The number of hydrogen-bond donors (Lipinski definition) is 1. The van der Waals surface area contributed by atoms with E-state index in [1.807, 2.05) is 39.8 Å². The Balaban J connectivity index is 2.68. The lowest BCUT2D eigenvalue weighted by molar-refractivity contribution is 0.368. The van der Waals surface area contributed by atoms with Gasteiger partial charge >= 0.3 is 0 Å². The highest BCUT2D eigenvalue weighted by Gasteiger charge is 2.21. The van der Waals surface area contributed by atoms with Gasteiger partial charge in [0.1, 0.15) is 0 Å². The van der Waals surface area contributed by atoms with Crippen molar-refractivity contribution in [1.82, 2.24) is 4.72 Å². The van der Waals surface area contributed by atoms with E-state index in [4.69, 9.17) is 0 Å². The summed E-state index contributed by atoms with van der Waals surface area (Å²) >= 11 is 0. The molecular weight excluding hydrogens is 282 g/mol. The fourth-order valence-corrected chi connectivity index (χ4v) is 2.98. The van der Waals surface area contributed by atoms with Gasteiger partial charge in [-0.2, -0.15) is 0 Å². The summed E-state index contributed by atoms with van der Waals surface area (Å²) in [4.78, 5) is 0.307. The molecule has 0 unspecified atom stereocenters. The SMILES string of the molecule is C=C(C)/C=C/CC(C)(C)CNS(=O)(=O)c1ccc(C)cc1. The number of allylic oxidation sites excluding steroid dienone is 3. The molecule has 0 aliphatic carbocycles. The maximum atomic E-state index is 12.2. The molecular formula is C17H25NO2S. The van der Waals surface area contributed by atoms with Gasteiger partial charge in [-0.15, -0.1) is 0 Å². The second-order valence-electron chi connectivity index (χ2n) is 6.25. The summed E-state index contributed by atoms with van der Waals surface area (Å²) in [6.07, 6.45) is 4.77. The first kappa shape index (κ1) is 17.7. The lowest BCUT2D eigenvalue weighted by Crippen LogP contribution is -2.33. The maximum Gasteiger partial charge on any atom is 0.240 e. The van der Waals surface area contributed by atoms with E-state index < -0.39 is 10.0 Å². The average Bonchev–Trinajstić information content (AvgIpc) is 2.36. The van der Waals surface area contributed by atoms with Gasteiger partial charge < -0.3 is 0 Å². The smallest absolute Gasteiger partial charge is 0.211 e. The average molecular weight is 307 g/mol. The molecule has 0 aliphatic rings. The summed E-state index contributed by atoms with van der Waals surface area (Å²) in [6.45, 7) is 12.1. The molecule has 21 heavy (non-hydrogen) atoms. The first-order valence-corrected chi connectivity index (χ1v) is 8.49. The molecule has 0 spiro atoms. The molecule has 0 saturated carbocycles. The third-order valence-corrected chi connectivity index (χ3v) is 4.56. The van der Waals surface area contributed by atoms with Crippen LogP contribution in [-0.4, -0.2) is 15.0 Å². The van der Waals surface area contributed by atoms with Crippen LogP contribution in [0.5, 0.6) is 0 Å². The highest BCUT2D eigenvalue weighted by atomic mass is 32.2. The molecule has 0 aliphatic heterocycles. The van der Waals surface area contributed by atoms with Gasteiger partial charge in [-0.1, -0.05) is 55.8 Å². The Kier molecular flexibility index (Phi) is 5.93. The second kappa shape index (κ2) is 7.05. The summed E-state index contributed by atoms with van der Waals surface area (Å²) in [5.41, 5.74) is 1.88. The molecule has 0 amide bonds. The summed E-state index contributed by atoms with van der Waals surface area (Å²) in [5, 5.41) is 0. The van der Waals surface area contributed by atoms with Crippen molar-refractivity contribution in [3.63, 3.8) is 0 Å². The maximum absolute atomic E-state index is 12.2. The summed E-state index contributed by atoms with van der Waals surface area (Å²) in [7, 11) is -3.44. The van der Waals surface area contributed by atoms with Gasteiger partial charge in [0, 0.05) is 6.54 Å². The van der Waals surface area contributed by atoms with E-state index in [9.17, 15) is 8.42 Å². The Morgan fingerprint density at radius 3 is 2.38 bits per heavy atom. The second-order valence-corrected chi connectivity index (χ2v) is 8.02. The molecule has 0 heterocycles. The number of benzene rings is 1. The molecule has 0 atom stereocenters. The Morgan fingerprint density at radius 1 is 1.29 bits per heavy atom. The Hall–Kier alpha value is -1.39. The monoisotopic (exact) mass is 307 g/mol. The van der Waals surface area contributed by atoms with E-state index in [0.717, 1.165) is 17.6 Å². The third kappa shape index (κ3) is 6.27. The van der Waals surface area contributed by atoms with Gasteiger partial charge in [0.2, 0.25) is 10.0 Å². The minimum atomic E-state index is -3.44. The summed E-state index contributed by atoms with van der Waals surface area (Å²) in [6, 6.07) is 6.86. The zero-order chi connectivity index (χ0) is 16.1. The van der Waals surface area contributed by atoms with Crippen molar-refractivity contribution in [1.29, 1.82) is 0 Å². The fourth-order valence-electron chi connectivity index (χ4n) is 1.74. The molecule has 1 aromatic rings. The fraction of sp³-hybridized carbons (Fsp3) is 0.412. The first-order chi connectivity index (χ1) is 9.62. The first-order valence-electron chi connectivity index (χ1n) is 7.01. The quantitative estimate of drug-likeness (QED) is 0.778. The van der Waals surface area contributed by atoms with Gasteiger partial charge in [0.15, 0.2) is 0 Å². The Labute approximate surface area is 128 Å². The van der Waals surface area contributed by atoms with E-state index in [-0.39, 0.29) is 5.41 Å². The molecule has 0 fully saturated rings. The van der Waals surface area contributed by atoms with Gasteiger partial charge in [-0.05, 0) is 37.8 Å². The molecule has 116 valence electrons. The summed E-state index contributed by atoms with van der Waals surface area (Å²) in [5.74, 6) is 0. The lowest BCUT2D eigenvalue weighted by atomic mass is 9.89. The van der Waals surface area contributed by atoms with Crippen LogP contribution in [-0.2, 0) is 10.0 Å². The van der Waals surface area contributed by atoms with Gasteiger partial charge in [0.05, 0.1) is 4.90 Å². The van der Waals surface area contributed by atoms with Crippen LogP contribution in [0.15, 0.2) is 53.5 Å². The number of nitrogens with one attached hydrogen (secondary N) is 1. The van der Waals surface area contributed by atoms with Crippen LogP contribution in [0.3, 0.4) is 0 Å². The van der Waals surface area contributed by atoms with Crippen molar-refractivity contribution in [2.75, 3.05) is 6.54 Å². The highest BCUT2D eigenvalue weighted by molar-refractivity contribution is 7.89. The molecule has 1 N–H and O–H groups in total. The van der Waals surface area contributed by atoms with Crippen LogP contribution >= 0.6 is 0 Å². The van der Waals surface area contributed by atoms with Crippen molar-refractivity contribution in [2.24, 2.45) is 5.41 Å². The zero-order valence-electron chi connectivity index (χ0n) is 13.3. The van der Waals surface area contributed by atoms with Crippen molar-refractivity contribution < 1.29 is 8.42 Å². The number of aryl methyl sites for hydroxylation is 1. The third-order valence-electron chi connectivity index (χ3n) is 3.14. The van der Waals surface area contributed by atoms with E-state index in [0.29, 0.717) is 11.4 Å². The molecule has 1 rings (SSSR count). The van der Waals surface area contributed by atoms with Crippen LogP contribution in [0.1, 0.15) is 32.8 Å². The predicted octanol–water partition coefficient (Wildman–Crippen LogP) is 3.82. The minimum absolute atomic E-state index is 0.149. The van der Waals surface area contributed by atoms with Crippen LogP contribution < -0.4 is 4.72 Å². The number of sulfonamides is 1. The molecule has 1 aromatic carbocycles. The largest absolute Gasteiger partial charge is 0.240 e. The Morgan fingerprint density at radius 2 is 1.86 bits per heavy atom. The van der Waals surface area contributed by atoms with E-state index in [1.165, 1.54) is 0 Å². The standard InChI is InChI=1S/C17H25NO2S/c1-14(2)7-6-12-17(4,5)13-18-21(19,20)16-10-8-15(3)9-11-16/h6-11,18H,1,12-13H2,2-5H3/b7-6+. The molecule has 0 radical (unpaired) electrons. The molecule has 4 heteroatoms. The van der Waals surface area contributed by atoms with Gasteiger partial charge in [-0.25, -0.2) is 13.1 Å². The van der Waals surface area contributed by atoms with Crippen molar-refractivity contribution >= 4 is 10.0 Å². The number of hydrogen-bond acceptors (Lipinski definition) is 2. The van der Waals surface area contributed by atoms with Crippen molar-refractivity contribution in [2.45, 2.75) is 39.0 Å². The van der Waals surface area contributed by atoms with Crippen LogP contribution in [0.2, 0.25) is 0 Å². The molecule has 0 aromatic heterocycles. The van der Waals surface area contributed by atoms with Gasteiger partial charge in [-0.3, -0.25) is 0 Å². The lowest BCUT2D eigenvalue weighted by Gasteiger charge is -2.23. The predicted molar refractivity (Wildman–Crippen MR) is 88.7 cm³/mol. The molecule has 3 nitrogen and oxygen atoms in total. The van der Waals surface area contributed by atoms with Crippen LogP contribution in [0.4, 0.5) is 0 Å². The van der Waals surface area contributed by atoms with E-state index in [1.54, 1.807) is 24.3 Å². The van der Waals surface area contributed by atoms with Crippen molar-refractivity contribution in [3.8, 4) is 0 Å². The Bertz CT molecular complexity index is 611. The van der Waals surface area contributed by atoms with Crippen LogP contribution in [0, 0.1) is 12.3 Å². The topological polar surface area (TPSA) is 46.2 Å².